The molecule has 158 valence electrons. The summed E-state index contributed by atoms with van der Waals surface area (Å²) in [6.07, 6.45) is 2.33. The molecule has 0 aliphatic heterocycles. The van der Waals surface area contributed by atoms with Crippen molar-refractivity contribution in [1.29, 1.82) is 0 Å². The van der Waals surface area contributed by atoms with E-state index < -0.39 is 10.7 Å². The van der Waals surface area contributed by atoms with Gasteiger partial charge in [-0.25, -0.2) is 4.39 Å². The SMILES string of the molecule is O=[N+]([O-])c1ccc(Oc2ccnc3cc(-c4cccc(OCCCCl)c4)sc23)c(F)c1. The number of nitro groups is 1. The molecule has 6 nitrogen and oxygen atoms in total. The third-order valence-corrected chi connectivity index (χ3v) is 5.84. The Morgan fingerprint density at radius 3 is 2.77 bits per heavy atom. The van der Waals surface area contributed by atoms with E-state index in [2.05, 4.69) is 4.98 Å². The maximum absolute atomic E-state index is 14.3. The van der Waals surface area contributed by atoms with Gasteiger partial charge in [-0.3, -0.25) is 15.1 Å². The summed E-state index contributed by atoms with van der Waals surface area (Å²) in [4.78, 5) is 15.5. The molecule has 9 heteroatoms. The van der Waals surface area contributed by atoms with Crippen molar-refractivity contribution in [2.24, 2.45) is 0 Å². The Balaban J connectivity index is 1.64. The maximum Gasteiger partial charge on any atom is 0.272 e. The largest absolute Gasteiger partial charge is 0.494 e. The van der Waals surface area contributed by atoms with Gasteiger partial charge in [0, 0.05) is 29.1 Å². The number of hydrogen-bond donors (Lipinski definition) is 0. The number of pyridine rings is 1. The molecule has 4 rings (SSSR count). The van der Waals surface area contributed by atoms with Crippen molar-refractivity contribution in [2.45, 2.75) is 6.42 Å². The predicted octanol–water partition coefficient (Wildman–Crippen LogP) is 6.81. The zero-order valence-electron chi connectivity index (χ0n) is 16.1. The first-order valence-electron chi connectivity index (χ1n) is 9.34. The van der Waals surface area contributed by atoms with Crippen LogP contribution in [0.4, 0.5) is 10.1 Å². The summed E-state index contributed by atoms with van der Waals surface area (Å²) in [5.41, 5.74) is 1.32. The molecule has 4 aromatic rings. The van der Waals surface area contributed by atoms with Crippen LogP contribution in [0.5, 0.6) is 17.2 Å². The first kappa shape index (κ1) is 21.0. The Morgan fingerprint density at radius 1 is 1.13 bits per heavy atom. The van der Waals surface area contributed by atoms with Crippen LogP contribution >= 0.6 is 22.9 Å². The van der Waals surface area contributed by atoms with E-state index in [1.165, 1.54) is 23.5 Å². The van der Waals surface area contributed by atoms with Crippen molar-refractivity contribution in [3.63, 3.8) is 0 Å². The fourth-order valence-electron chi connectivity index (χ4n) is 2.93. The molecule has 0 aliphatic rings. The van der Waals surface area contributed by atoms with Gasteiger partial charge in [0.1, 0.15) is 11.5 Å². The Hall–Kier alpha value is -3.23. The Kier molecular flexibility index (Phi) is 6.29. The molecule has 0 unspecified atom stereocenters. The van der Waals surface area contributed by atoms with Gasteiger partial charge in [-0.2, -0.15) is 0 Å². The molecule has 0 aliphatic carbocycles. The normalized spacial score (nSPS) is 10.9. The molecule has 0 saturated heterocycles. The third kappa shape index (κ3) is 4.76. The summed E-state index contributed by atoms with van der Waals surface area (Å²) in [5, 5.41) is 10.8. The van der Waals surface area contributed by atoms with Crippen LogP contribution in [0.25, 0.3) is 20.7 Å². The summed E-state index contributed by atoms with van der Waals surface area (Å²) in [7, 11) is 0. The van der Waals surface area contributed by atoms with E-state index in [9.17, 15) is 14.5 Å². The number of nitro benzene ring substituents is 1. The highest BCUT2D eigenvalue weighted by Crippen LogP contribution is 2.40. The van der Waals surface area contributed by atoms with E-state index in [0.717, 1.165) is 33.4 Å². The average molecular weight is 459 g/mol. The van der Waals surface area contributed by atoms with E-state index >= 15 is 0 Å². The standard InChI is InChI=1S/C22H16ClFN2O4S/c23-8-2-10-29-16-4-1-3-14(11-16)21-13-18-22(31-21)20(7-9-25-18)30-19-6-5-15(26(27)28)12-17(19)24/h1,3-7,9,11-13H,2,8,10H2. The molecule has 0 amide bonds. The number of aromatic nitrogens is 1. The molecule has 2 heterocycles. The van der Waals surface area contributed by atoms with Crippen LogP contribution in [-0.4, -0.2) is 22.4 Å². The zero-order chi connectivity index (χ0) is 21.8. The van der Waals surface area contributed by atoms with Gasteiger partial charge in [-0.1, -0.05) is 12.1 Å². The minimum absolute atomic E-state index is 0.0947. The molecule has 2 aromatic carbocycles. The number of ether oxygens (including phenoxy) is 2. The highest BCUT2D eigenvalue weighted by molar-refractivity contribution is 7.22. The first-order valence-corrected chi connectivity index (χ1v) is 10.7. The minimum Gasteiger partial charge on any atom is -0.494 e. The number of fused-ring (bicyclic) bond motifs is 1. The lowest BCUT2D eigenvalue weighted by Gasteiger charge is -2.07. The van der Waals surface area contributed by atoms with Crippen LogP contribution in [0.15, 0.2) is 60.8 Å². The van der Waals surface area contributed by atoms with Crippen molar-refractivity contribution >= 4 is 38.8 Å². The van der Waals surface area contributed by atoms with Gasteiger partial charge in [-0.05, 0) is 36.2 Å². The highest BCUT2D eigenvalue weighted by atomic mass is 35.5. The molecule has 0 bridgehead atoms. The molecule has 0 radical (unpaired) electrons. The van der Waals surface area contributed by atoms with E-state index in [0.29, 0.717) is 23.8 Å². The topological polar surface area (TPSA) is 74.5 Å². The van der Waals surface area contributed by atoms with Gasteiger partial charge in [0.15, 0.2) is 11.6 Å². The molecule has 0 N–H and O–H groups in total. The quantitative estimate of drug-likeness (QED) is 0.125. The number of benzene rings is 2. The van der Waals surface area contributed by atoms with Gasteiger partial charge < -0.3 is 9.47 Å². The average Bonchev–Trinajstić information content (AvgIpc) is 3.21. The highest BCUT2D eigenvalue weighted by Gasteiger charge is 2.15. The van der Waals surface area contributed by atoms with Crippen molar-refractivity contribution in [1.82, 2.24) is 4.98 Å². The van der Waals surface area contributed by atoms with E-state index in [4.69, 9.17) is 21.1 Å². The second-order valence-electron chi connectivity index (χ2n) is 6.53. The van der Waals surface area contributed by atoms with Crippen LogP contribution in [0.1, 0.15) is 6.42 Å². The minimum atomic E-state index is -0.808. The molecule has 0 fully saturated rings. The summed E-state index contributed by atoms with van der Waals surface area (Å²) >= 11 is 7.15. The van der Waals surface area contributed by atoms with Crippen LogP contribution < -0.4 is 9.47 Å². The molecular formula is C22H16ClFN2O4S. The number of thiophene rings is 1. The Bertz CT molecular complexity index is 1250. The zero-order valence-corrected chi connectivity index (χ0v) is 17.7. The lowest BCUT2D eigenvalue weighted by molar-refractivity contribution is -0.385. The second kappa shape index (κ2) is 9.28. The van der Waals surface area contributed by atoms with Gasteiger partial charge in [-0.15, -0.1) is 22.9 Å². The molecular weight excluding hydrogens is 443 g/mol. The van der Waals surface area contributed by atoms with E-state index in [1.54, 1.807) is 12.3 Å². The number of halogens is 2. The number of hydrogen-bond acceptors (Lipinski definition) is 6. The first-order chi connectivity index (χ1) is 15.0. The molecule has 0 saturated carbocycles. The fourth-order valence-corrected chi connectivity index (χ4v) is 4.10. The Labute approximate surface area is 186 Å². The van der Waals surface area contributed by atoms with Crippen molar-refractivity contribution in [3.05, 3.63) is 76.7 Å². The van der Waals surface area contributed by atoms with Crippen molar-refractivity contribution in [3.8, 4) is 27.7 Å². The fraction of sp³-hybridized carbons (Fsp3) is 0.136. The maximum atomic E-state index is 14.3. The van der Waals surface area contributed by atoms with Crippen LogP contribution in [0, 0.1) is 15.9 Å². The lowest BCUT2D eigenvalue weighted by Crippen LogP contribution is -1.97. The summed E-state index contributed by atoms with van der Waals surface area (Å²) in [6.45, 7) is 0.541. The summed E-state index contributed by atoms with van der Waals surface area (Å²) in [6, 6.07) is 14.5. The van der Waals surface area contributed by atoms with Gasteiger partial charge in [0.2, 0.25) is 0 Å². The van der Waals surface area contributed by atoms with Gasteiger partial charge >= 0.3 is 0 Å². The van der Waals surface area contributed by atoms with Gasteiger partial charge in [0.25, 0.3) is 5.69 Å². The van der Waals surface area contributed by atoms with E-state index in [-0.39, 0.29) is 11.4 Å². The number of non-ortho nitro benzene ring substituents is 1. The monoisotopic (exact) mass is 458 g/mol. The smallest absolute Gasteiger partial charge is 0.272 e. The Morgan fingerprint density at radius 2 is 2.00 bits per heavy atom. The summed E-state index contributed by atoms with van der Waals surface area (Å²) < 4.78 is 26.5. The molecule has 31 heavy (non-hydrogen) atoms. The molecule has 2 aromatic heterocycles. The van der Waals surface area contributed by atoms with E-state index in [1.807, 2.05) is 30.3 Å². The number of nitrogens with zero attached hydrogens (tertiary/aromatic N) is 2. The summed E-state index contributed by atoms with van der Waals surface area (Å²) in [5.74, 6) is 0.807. The molecule has 0 spiro atoms. The van der Waals surface area contributed by atoms with Gasteiger partial charge in [0.05, 0.1) is 27.8 Å². The van der Waals surface area contributed by atoms with Crippen LogP contribution in [-0.2, 0) is 0 Å². The van der Waals surface area contributed by atoms with Crippen molar-refractivity contribution < 1.29 is 18.8 Å². The molecule has 0 atom stereocenters. The second-order valence-corrected chi connectivity index (χ2v) is 7.96. The van der Waals surface area contributed by atoms with Crippen LogP contribution in [0.3, 0.4) is 0 Å². The lowest BCUT2D eigenvalue weighted by atomic mass is 10.2. The predicted molar refractivity (Wildman–Crippen MR) is 119 cm³/mol. The van der Waals surface area contributed by atoms with Crippen LogP contribution in [0.2, 0.25) is 0 Å². The third-order valence-electron chi connectivity index (χ3n) is 4.39. The number of alkyl halides is 1. The van der Waals surface area contributed by atoms with Crippen molar-refractivity contribution in [2.75, 3.05) is 12.5 Å². The number of rotatable bonds is 8.